The van der Waals surface area contributed by atoms with Crippen LogP contribution < -0.4 is 10.6 Å². The van der Waals surface area contributed by atoms with Crippen molar-refractivity contribution in [3.8, 4) is 0 Å². The smallest absolute Gasteiger partial charge is 0.325 e. The van der Waals surface area contributed by atoms with E-state index in [0.29, 0.717) is 23.4 Å². The van der Waals surface area contributed by atoms with Crippen molar-refractivity contribution in [2.75, 3.05) is 43.9 Å². The Morgan fingerprint density at radius 1 is 1.50 bits per heavy atom. The normalized spacial score (nSPS) is 15.9. The number of piperazine rings is 1. The maximum atomic E-state index is 11.8. The molecule has 1 aromatic rings. The third-order valence-electron chi connectivity index (χ3n) is 2.57. The Bertz CT molecular complexity index is 463. The molecule has 0 atom stereocenters. The number of aromatic nitrogens is 2. The number of rotatable bonds is 3. The highest BCUT2D eigenvalue weighted by molar-refractivity contribution is 7.18. The number of esters is 1. The molecule has 0 radical (unpaired) electrons. The van der Waals surface area contributed by atoms with Gasteiger partial charge in [0.1, 0.15) is 6.54 Å². The number of nitrogens with two attached hydrogens (primary N) is 1. The van der Waals surface area contributed by atoms with Gasteiger partial charge in [-0.15, -0.1) is 10.2 Å². The van der Waals surface area contributed by atoms with E-state index in [0.717, 1.165) is 0 Å². The molecule has 9 heteroatoms. The lowest BCUT2D eigenvalue weighted by Crippen LogP contribution is -2.52. The fraction of sp³-hybridized carbons (Fsp3) is 0.556. The lowest BCUT2D eigenvalue weighted by molar-refractivity contribution is -0.147. The fourth-order valence-corrected chi connectivity index (χ4v) is 2.25. The van der Waals surface area contributed by atoms with Gasteiger partial charge in [0.2, 0.25) is 16.2 Å². The zero-order chi connectivity index (χ0) is 13.1. The molecule has 2 rings (SSSR count). The zero-order valence-corrected chi connectivity index (χ0v) is 10.6. The van der Waals surface area contributed by atoms with Crippen LogP contribution in [0, 0.1) is 0 Å². The van der Waals surface area contributed by atoms with Crippen LogP contribution in [0.3, 0.4) is 0 Å². The SMILES string of the molecule is COC(=O)CN1CCN(c2nnc(N)s2)CC1=O. The van der Waals surface area contributed by atoms with Crippen LogP contribution in [0.5, 0.6) is 0 Å². The Hall–Kier alpha value is -1.90. The maximum Gasteiger partial charge on any atom is 0.325 e. The lowest BCUT2D eigenvalue weighted by atomic mass is 10.3. The summed E-state index contributed by atoms with van der Waals surface area (Å²) in [6.45, 7) is 1.21. The van der Waals surface area contributed by atoms with Crippen molar-refractivity contribution in [3.63, 3.8) is 0 Å². The summed E-state index contributed by atoms with van der Waals surface area (Å²) in [7, 11) is 1.30. The molecule has 0 aromatic carbocycles. The molecule has 98 valence electrons. The van der Waals surface area contributed by atoms with Crippen molar-refractivity contribution in [2.45, 2.75) is 0 Å². The molecule has 8 nitrogen and oxygen atoms in total. The van der Waals surface area contributed by atoms with Crippen LogP contribution in [0.15, 0.2) is 0 Å². The second-order valence-electron chi connectivity index (χ2n) is 3.74. The second kappa shape index (κ2) is 5.17. The number of anilines is 2. The van der Waals surface area contributed by atoms with Crippen molar-refractivity contribution < 1.29 is 14.3 Å². The van der Waals surface area contributed by atoms with Gasteiger partial charge in [0, 0.05) is 13.1 Å². The first-order valence-electron chi connectivity index (χ1n) is 5.28. The Kier molecular flexibility index (Phi) is 3.60. The third-order valence-corrected chi connectivity index (χ3v) is 3.38. The molecule has 1 aliphatic rings. The first-order chi connectivity index (χ1) is 8.60. The van der Waals surface area contributed by atoms with Crippen LogP contribution in [-0.2, 0) is 14.3 Å². The number of nitrogens with zero attached hydrogens (tertiary/aromatic N) is 4. The number of ether oxygens (including phenoxy) is 1. The van der Waals surface area contributed by atoms with Crippen molar-refractivity contribution in [1.29, 1.82) is 0 Å². The van der Waals surface area contributed by atoms with E-state index < -0.39 is 5.97 Å². The molecular weight excluding hydrogens is 258 g/mol. The molecule has 0 saturated carbocycles. The van der Waals surface area contributed by atoms with E-state index in [9.17, 15) is 9.59 Å². The summed E-state index contributed by atoms with van der Waals surface area (Å²) in [6.07, 6.45) is 0. The minimum atomic E-state index is -0.419. The van der Waals surface area contributed by atoms with E-state index >= 15 is 0 Å². The van der Waals surface area contributed by atoms with E-state index in [1.807, 2.05) is 0 Å². The van der Waals surface area contributed by atoms with E-state index in [1.54, 1.807) is 4.90 Å². The van der Waals surface area contributed by atoms with Crippen LogP contribution in [-0.4, -0.2) is 60.3 Å². The molecule has 1 amide bonds. The van der Waals surface area contributed by atoms with E-state index in [1.165, 1.54) is 23.3 Å². The summed E-state index contributed by atoms with van der Waals surface area (Å²) in [6, 6.07) is 0. The van der Waals surface area contributed by atoms with E-state index in [4.69, 9.17) is 5.73 Å². The van der Waals surface area contributed by atoms with E-state index in [-0.39, 0.29) is 19.0 Å². The first-order valence-corrected chi connectivity index (χ1v) is 6.10. The average molecular weight is 271 g/mol. The highest BCUT2D eigenvalue weighted by Crippen LogP contribution is 2.22. The zero-order valence-electron chi connectivity index (χ0n) is 9.83. The summed E-state index contributed by atoms with van der Waals surface area (Å²) in [5.41, 5.74) is 5.49. The van der Waals surface area contributed by atoms with Gasteiger partial charge in [-0.1, -0.05) is 11.3 Å². The van der Waals surface area contributed by atoms with Gasteiger partial charge in [-0.05, 0) is 0 Å². The Labute approximate surface area is 107 Å². The van der Waals surface area contributed by atoms with Crippen LogP contribution >= 0.6 is 11.3 Å². The highest BCUT2D eigenvalue weighted by Gasteiger charge is 2.27. The largest absolute Gasteiger partial charge is 0.468 e. The van der Waals surface area contributed by atoms with Crippen molar-refractivity contribution in [2.24, 2.45) is 0 Å². The standard InChI is InChI=1S/C9H13N5O3S/c1-17-7(16)5-13-2-3-14(4-6(13)15)9-12-11-8(10)18-9/h2-5H2,1H3,(H2,10,11). The Morgan fingerprint density at radius 3 is 2.83 bits per heavy atom. The van der Waals surface area contributed by atoms with E-state index in [2.05, 4.69) is 14.9 Å². The molecule has 0 unspecified atom stereocenters. The summed E-state index contributed by atoms with van der Waals surface area (Å²) in [5.74, 6) is -0.558. The minimum Gasteiger partial charge on any atom is -0.468 e. The number of hydrogen-bond acceptors (Lipinski definition) is 8. The molecule has 2 heterocycles. The quantitative estimate of drug-likeness (QED) is 0.699. The predicted octanol–water partition coefficient (Wildman–Crippen LogP) is -1.06. The number of amides is 1. The van der Waals surface area contributed by atoms with Gasteiger partial charge in [-0.3, -0.25) is 9.59 Å². The molecule has 0 spiro atoms. The molecule has 1 aromatic heterocycles. The van der Waals surface area contributed by atoms with Gasteiger partial charge in [0.25, 0.3) is 0 Å². The van der Waals surface area contributed by atoms with Gasteiger partial charge in [-0.2, -0.15) is 0 Å². The average Bonchev–Trinajstić information content (AvgIpc) is 2.78. The van der Waals surface area contributed by atoms with Gasteiger partial charge in [0.15, 0.2) is 0 Å². The van der Waals surface area contributed by atoms with Crippen LogP contribution in [0.2, 0.25) is 0 Å². The van der Waals surface area contributed by atoms with Crippen LogP contribution in [0.25, 0.3) is 0 Å². The fourth-order valence-electron chi connectivity index (χ4n) is 1.61. The Balaban J connectivity index is 1.96. The Morgan fingerprint density at radius 2 is 2.28 bits per heavy atom. The molecule has 18 heavy (non-hydrogen) atoms. The molecule has 1 aliphatic heterocycles. The third kappa shape index (κ3) is 2.67. The summed E-state index contributed by atoms with van der Waals surface area (Å²) in [4.78, 5) is 26.2. The topological polar surface area (TPSA) is 102 Å². The number of carbonyl (C=O) groups is 2. The van der Waals surface area contributed by atoms with Crippen molar-refractivity contribution in [3.05, 3.63) is 0 Å². The predicted molar refractivity (Wildman–Crippen MR) is 65.1 cm³/mol. The monoisotopic (exact) mass is 271 g/mol. The number of carbonyl (C=O) groups excluding carboxylic acids is 2. The van der Waals surface area contributed by atoms with Gasteiger partial charge < -0.3 is 20.3 Å². The maximum absolute atomic E-state index is 11.8. The van der Waals surface area contributed by atoms with Crippen molar-refractivity contribution >= 4 is 33.5 Å². The van der Waals surface area contributed by atoms with Gasteiger partial charge in [0.05, 0.1) is 13.7 Å². The van der Waals surface area contributed by atoms with Gasteiger partial charge in [-0.25, -0.2) is 0 Å². The number of nitrogen functional groups attached to an aromatic ring is 1. The minimum absolute atomic E-state index is 0.0125. The first kappa shape index (κ1) is 12.6. The van der Waals surface area contributed by atoms with Crippen LogP contribution in [0.1, 0.15) is 0 Å². The highest BCUT2D eigenvalue weighted by atomic mass is 32.1. The molecular formula is C9H13N5O3S. The van der Waals surface area contributed by atoms with Crippen LogP contribution in [0.4, 0.5) is 10.3 Å². The molecule has 1 fully saturated rings. The molecule has 2 N–H and O–H groups in total. The molecule has 0 aliphatic carbocycles. The molecule has 1 saturated heterocycles. The number of hydrogen-bond donors (Lipinski definition) is 1. The summed E-state index contributed by atoms with van der Waals surface area (Å²) < 4.78 is 4.53. The summed E-state index contributed by atoms with van der Waals surface area (Å²) >= 11 is 1.24. The summed E-state index contributed by atoms with van der Waals surface area (Å²) in [5, 5.41) is 8.58. The number of methoxy groups -OCH3 is 1. The van der Waals surface area contributed by atoms with Crippen molar-refractivity contribution in [1.82, 2.24) is 15.1 Å². The molecule has 0 bridgehead atoms. The van der Waals surface area contributed by atoms with Gasteiger partial charge >= 0.3 is 5.97 Å². The second-order valence-corrected chi connectivity index (χ2v) is 4.72. The lowest BCUT2D eigenvalue weighted by Gasteiger charge is -2.33.